The number of anilines is 1. The van der Waals surface area contributed by atoms with E-state index in [0.717, 1.165) is 0 Å². The SMILES string of the molecule is COCCS(=O)(=O)Cc1nc2ccc(N)cc2o1. The fourth-order valence-electron chi connectivity index (χ4n) is 1.52. The summed E-state index contributed by atoms with van der Waals surface area (Å²) in [5.74, 6) is -0.110. The Kier molecular flexibility index (Phi) is 3.53. The molecule has 0 unspecified atom stereocenters. The molecule has 0 aliphatic carbocycles. The van der Waals surface area contributed by atoms with Crippen molar-refractivity contribution in [2.24, 2.45) is 0 Å². The normalized spacial score (nSPS) is 12.1. The number of aromatic nitrogens is 1. The molecule has 98 valence electrons. The van der Waals surface area contributed by atoms with Gasteiger partial charge >= 0.3 is 0 Å². The zero-order valence-corrected chi connectivity index (χ0v) is 10.7. The summed E-state index contributed by atoms with van der Waals surface area (Å²) in [5, 5.41) is 0. The number of nitrogens with two attached hydrogens (primary N) is 1. The minimum absolute atomic E-state index is 0.0512. The van der Waals surface area contributed by atoms with Gasteiger partial charge in [0.05, 0.1) is 12.4 Å². The Morgan fingerprint density at radius 2 is 2.22 bits per heavy atom. The van der Waals surface area contributed by atoms with Crippen LogP contribution in [-0.2, 0) is 20.3 Å². The molecule has 1 aromatic carbocycles. The van der Waals surface area contributed by atoms with Gasteiger partial charge in [0.2, 0.25) is 5.89 Å². The van der Waals surface area contributed by atoms with Crippen molar-refractivity contribution in [3.63, 3.8) is 0 Å². The Labute approximate surface area is 105 Å². The summed E-state index contributed by atoms with van der Waals surface area (Å²) in [5.41, 5.74) is 7.24. The number of nitrogens with zero attached hydrogens (tertiary/aromatic N) is 1. The van der Waals surface area contributed by atoms with Gasteiger partial charge in [0.15, 0.2) is 15.4 Å². The molecule has 0 radical (unpaired) electrons. The molecule has 0 spiro atoms. The van der Waals surface area contributed by atoms with E-state index in [1.54, 1.807) is 18.2 Å². The first-order valence-electron chi connectivity index (χ1n) is 5.34. The fraction of sp³-hybridized carbons (Fsp3) is 0.364. The van der Waals surface area contributed by atoms with Crippen molar-refractivity contribution < 1.29 is 17.6 Å². The molecular formula is C11H14N2O4S. The number of sulfone groups is 1. The zero-order chi connectivity index (χ0) is 13.2. The number of oxazole rings is 1. The quantitative estimate of drug-likeness (QED) is 0.813. The Hall–Kier alpha value is -1.60. The molecule has 0 aliphatic rings. The van der Waals surface area contributed by atoms with Crippen LogP contribution in [0.3, 0.4) is 0 Å². The van der Waals surface area contributed by atoms with E-state index < -0.39 is 9.84 Å². The van der Waals surface area contributed by atoms with Crippen LogP contribution in [0.25, 0.3) is 11.1 Å². The van der Waals surface area contributed by atoms with Crippen LogP contribution in [0.5, 0.6) is 0 Å². The first-order valence-corrected chi connectivity index (χ1v) is 7.16. The highest BCUT2D eigenvalue weighted by molar-refractivity contribution is 7.90. The molecule has 2 N–H and O–H groups in total. The van der Waals surface area contributed by atoms with Gasteiger partial charge in [0.1, 0.15) is 11.3 Å². The van der Waals surface area contributed by atoms with E-state index in [1.807, 2.05) is 0 Å². The molecular weight excluding hydrogens is 256 g/mol. The number of methoxy groups -OCH3 is 1. The maximum absolute atomic E-state index is 11.7. The van der Waals surface area contributed by atoms with E-state index in [2.05, 4.69) is 4.98 Å². The monoisotopic (exact) mass is 270 g/mol. The standard InChI is InChI=1S/C11H14N2O4S/c1-16-4-5-18(14,15)7-11-13-9-3-2-8(12)6-10(9)17-11/h2-3,6H,4-5,7,12H2,1H3. The lowest BCUT2D eigenvalue weighted by Crippen LogP contribution is -2.13. The predicted molar refractivity (Wildman–Crippen MR) is 67.8 cm³/mol. The molecule has 7 heteroatoms. The molecule has 0 atom stereocenters. The molecule has 1 aromatic heterocycles. The summed E-state index contributed by atoms with van der Waals surface area (Å²) < 4.78 is 33.5. The van der Waals surface area contributed by atoms with E-state index >= 15 is 0 Å². The number of hydrogen-bond acceptors (Lipinski definition) is 6. The first kappa shape index (κ1) is 12.8. The number of fused-ring (bicyclic) bond motifs is 1. The average molecular weight is 270 g/mol. The predicted octanol–water partition coefficient (Wildman–Crippen LogP) is 0.971. The van der Waals surface area contributed by atoms with E-state index in [9.17, 15) is 8.42 Å². The highest BCUT2D eigenvalue weighted by Crippen LogP contribution is 2.19. The fourth-order valence-corrected chi connectivity index (χ4v) is 2.59. The third-order valence-electron chi connectivity index (χ3n) is 2.40. The highest BCUT2D eigenvalue weighted by atomic mass is 32.2. The van der Waals surface area contributed by atoms with Gasteiger partial charge in [-0.15, -0.1) is 0 Å². The minimum atomic E-state index is -3.27. The number of nitrogen functional groups attached to an aromatic ring is 1. The van der Waals surface area contributed by atoms with Gasteiger partial charge in [-0.1, -0.05) is 0 Å². The van der Waals surface area contributed by atoms with Gasteiger partial charge in [0, 0.05) is 18.9 Å². The second-order valence-corrected chi connectivity index (χ2v) is 6.10. The third kappa shape index (κ3) is 2.99. The van der Waals surface area contributed by atoms with Crippen LogP contribution < -0.4 is 5.73 Å². The molecule has 0 bridgehead atoms. The number of hydrogen-bond donors (Lipinski definition) is 1. The summed E-state index contributed by atoms with van der Waals surface area (Å²) in [6.07, 6.45) is 0. The van der Waals surface area contributed by atoms with Crippen LogP contribution in [0.4, 0.5) is 5.69 Å². The van der Waals surface area contributed by atoms with Gasteiger partial charge in [-0.25, -0.2) is 13.4 Å². The molecule has 18 heavy (non-hydrogen) atoms. The van der Waals surface area contributed by atoms with Crippen LogP contribution in [-0.4, -0.2) is 32.9 Å². The lowest BCUT2D eigenvalue weighted by Gasteiger charge is -1.99. The van der Waals surface area contributed by atoms with Crippen molar-refractivity contribution in [1.29, 1.82) is 0 Å². The van der Waals surface area contributed by atoms with Crippen molar-refractivity contribution in [2.45, 2.75) is 5.75 Å². The molecule has 2 rings (SSSR count). The Balaban J connectivity index is 2.22. The van der Waals surface area contributed by atoms with Crippen LogP contribution in [0.15, 0.2) is 22.6 Å². The smallest absolute Gasteiger partial charge is 0.210 e. The summed E-state index contributed by atoms with van der Waals surface area (Å²) in [4.78, 5) is 4.10. The molecule has 2 aromatic rings. The number of benzene rings is 1. The van der Waals surface area contributed by atoms with E-state index in [0.29, 0.717) is 16.8 Å². The van der Waals surface area contributed by atoms with Gasteiger partial charge in [-0.05, 0) is 12.1 Å². The van der Waals surface area contributed by atoms with Crippen LogP contribution in [0.1, 0.15) is 5.89 Å². The molecule has 6 nitrogen and oxygen atoms in total. The first-order chi connectivity index (χ1) is 8.50. The Morgan fingerprint density at radius 1 is 1.44 bits per heavy atom. The molecule has 1 heterocycles. The number of ether oxygens (including phenoxy) is 1. The molecule has 0 aliphatic heterocycles. The minimum Gasteiger partial charge on any atom is -0.440 e. The van der Waals surface area contributed by atoms with E-state index in [4.69, 9.17) is 14.9 Å². The summed E-state index contributed by atoms with van der Waals surface area (Å²) in [6, 6.07) is 5.00. The van der Waals surface area contributed by atoms with Crippen LogP contribution in [0, 0.1) is 0 Å². The lowest BCUT2D eigenvalue weighted by molar-refractivity contribution is 0.217. The van der Waals surface area contributed by atoms with Crippen molar-refractivity contribution >= 4 is 26.6 Å². The largest absolute Gasteiger partial charge is 0.440 e. The number of rotatable bonds is 5. The molecule has 0 fully saturated rings. The van der Waals surface area contributed by atoms with Crippen LogP contribution in [0.2, 0.25) is 0 Å². The van der Waals surface area contributed by atoms with E-state index in [1.165, 1.54) is 7.11 Å². The van der Waals surface area contributed by atoms with Crippen LogP contribution >= 0.6 is 0 Å². The second-order valence-electron chi connectivity index (χ2n) is 3.92. The van der Waals surface area contributed by atoms with Crippen molar-refractivity contribution in [3.05, 3.63) is 24.1 Å². The summed E-state index contributed by atoms with van der Waals surface area (Å²) in [6.45, 7) is 0.162. The van der Waals surface area contributed by atoms with Gasteiger partial charge < -0.3 is 14.9 Å². The lowest BCUT2D eigenvalue weighted by atomic mass is 10.3. The second kappa shape index (κ2) is 4.95. The molecule has 0 amide bonds. The Bertz CT molecular complexity index is 648. The van der Waals surface area contributed by atoms with Crippen molar-refractivity contribution in [2.75, 3.05) is 25.2 Å². The molecule has 0 saturated carbocycles. The maximum Gasteiger partial charge on any atom is 0.210 e. The topological polar surface area (TPSA) is 95.4 Å². The van der Waals surface area contributed by atoms with E-state index in [-0.39, 0.29) is 24.0 Å². The zero-order valence-electron chi connectivity index (χ0n) is 9.92. The summed E-state index contributed by atoms with van der Waals surface area (Å²) >= 11 is 0. The third-order valence-corrected chi connectivity index (χ3v) is 3.87. The van der Waals surface area contributed by atoms with Gasteiger partial charge in [0.25, 0.3) is 0 Å². The van der Waals surface area contributed by atoms with Gasteiger partial charge in [-0.2, -0.15) is 0 Å². The average Bonchev–Trinajstić information content (AvgIpc) is 2.66. The van der Waals surface area contributed by atoms with Gasteiger partial charge in [-0.3, -0.25) is 0 Å². The Morgan fingerprint density at radius 3 is 2.94 bits per heavy atom. The summed E-state index contributed by atoms with van der Waals surface area (Å²) in [7, 11) is -1.81. The van der Waals surface area contributed by atoms with Crippen molar-refractivity contribution in [3.8, 4) is 0 Å². The molecule has 0 saturated heterocycles. The van der Waals surface area contributed by atoms with Crippen molar-refractivity contribution in [1.82, 2.24) is 4.98 Å². The maximum atomic E-state index is 11.7. The highest BCUT2D eigenvalue weighted by Gasteiger charge is 2.16.